The SMILES string of the molecule is CCOc1cc(C(=S)NCCc2ccc(OC)cc2)ccc1O. The summed E-state index contributed by atoms with van der Waals surface area (Å²) in [6.07, 6.45) is 0.862. The maximum atomic E-state index is 9.72. The third kappa shape index (κ3) is 4.86. The standard InChI is InChI=1S/C18H21NO3S/c1-3-22-17-12-14(6-9-16(17)20)18(23)19-11-10-13-4-7-15(21-2)8-5-13/h4-9,12,20H,3,10-11H2,1-2H3,(H,19,23). The molecule has 2 aromatic rings. The van der Waals surface area contributed by atoms with Crippen LogP contribution in [-0.2, 0) is 6.42 Å². The molecule has 2 rings (SSSR count). The molecular weight excluding hydrogens is 310 g/mol. The molecule has 0 fully saturated rings. The van der Waals surface area contributed by atoms with Gasteiger partial charge in [0, 0.05) is 12.1 Å². The molecule has 23 heavy (non-hydrogen) atoms. The van der Waals surface area contributed by atoms with Crippen molar-refractivity contribution in [2.75, 3.05) is 20.3 Å². The lowest BCUT2D eigenvalue weighted by Crippen LogP contribution is -2.24. The van der Waals surface area contributed by atoms with Crippen molar-refractivity contribution in [3.8, 4) is 17.2 Å². The Kier molecular flexibility index (Phi) is 6.23. The van der Waals surface area contributed by atoms with Crippen molar-refractivity contribution in [2.24, 2.45) is 0 Å². The van der Waals surface area contributed by atoms with Gasteiger partial charge in [-0.05, 0) is 49.2 Å². The van der Waals surface area contributed by atoms with Crippen LogP contribution in [0.25, 0.3) is 0 Å². The zero-order chi connectivity index (χ0) is 16.7. The fraction of sp³-hybridized carbons (Fsp3) is 0.278. The minimum atomic E-state index is 0.122. The van der Waals surface area contributed by atoms with Gasteiger partial charge >= 0.3 is 0 Å². The van der Waals surface area contributed by atoms with Gasteiger partial charge in [-0.15, -0.1) is 0 Å². The van der Waals surface area contributed by atoms with Gasteiger partial charge in [0.25, 0.3) is 0 Å². The highest BCUT2D eigenvalue weighted by Gasteiger charge is 2.07. The summed E-state index contributed by atoms with van der Waals surface area (Å²) in [5.41, 5.74) is 2.04. The molecule has 0 aliphatic rings. The number of phenolic OH excluding ortho intramolecular Hbond substituents is 1. The average molecular weight is 331 g/mol. The molecule has 0 aliphatic heterocycles. The Labute approximate surface area is 142 Å². The number of thiocarbonyl (C=S) groups is 1. The number of benzene rings is 2. The molecule has 0 saturated carbocycles. The molecule has 0 aromatic heterocycles. The molecule has 2 N–H and O–H groups in total. The van der Waals surface area contributed by atoms with Crippen molar-refractivity contribution < 1.29 is 14.6 Å². The molecule has 0 unspecified atom stereocenters. The molecule has 0 saturated heterocycles. The van der Waals surface area contributed by atoms with Crippen LogP contribution in [0, 0.1) is 0 Å². The highest BCUT2D eigenvalue weighted by Crippen LogP contribution is 2.26. The van der Waals surface area contributed by atoms with E-state index in [1.807, 2.05) is 31.2 Å². The minimum absolute atomic E-state index is 0.122. The molecule has 0 heterocycles. The second-order valence-electron chi connectivity index (χ2n) is 4.97. The first kappa shape index (κ1) is 17.1. The average Bonchev–Trinajstić information content (AvgIpc) is 2.57. The second kappa shape index (κ2) is 8.39. The van der Waals surface area contributed by atoms with Crippen molar-refractivity contribution in [1.82, 2.24) is 5.32 Å². The summed E-state index contributed by atoms with van der Waals surface area (Å²) in [6.45, 7) is 3.10. The van der Waals surface area contributed by atoms with Crippen LogP contribution in [0.4, 0.5) is 0 Å². The molecule has 0 radical (unpaired) electrons. The minimum Gasteiger partial charge on any atom is -0.504 e. The van der Waals surface area contributed by atoms with E-state index in [-0.39, 0.29) is 5.75 Å². The van der Waals surface area contributed by atoms with Crippen LogP contribution in [0.3, 0.4) is 0 Å². The normalized spacial score (nSPS) is 10.2. The lowest BCUT2D eigenvalue weighted by molar-refractivity contribution is 0.318. The number of hydrogen-bond acceptors (Lipinski definition) is 4. The quantitative estimate of drug-likeness (QED) is 0.763. The number of nitrogens with one attached hydrogen (secondary N) is 1. The Morgan fingerprint density at radius 1 is 1.17 bits per heavy atom. The van der Waals surface area contributed by atoms with E-state index in [2.05, 4.69) is 5.32 Å². The molecule has 4 nitrogen and oxygen atoms in total. The number of ether oxygens (including phenoxy) is 2. The highest BCUT2D eigenvalue weighted by atomic mass is 32.1. The highest BCUT2D eigenvalue weighted by molar-refractivity contribution is 7.80. The maximum absolute atomic E-state index is 9.72. The van der Waals surface area contributed by atoms with E-state index < -0.39 is 0 Å². The van der Waals surface area contributed by atoms with Gasteiger partial charge in [-0.1, -0.05) is 24.4 Å². The summed E-state index contributed by atoms with van der Waals surface area (Å²) in [5, 5.41) is 12.9. The first-order valence-electron chi connectivity index (χ1n) is 7.51. The first-order chi connectivity index (χ1) is 11.1. The zero-order valence-corrected chi connectivity index (χ0v) is 14.2. The summed E-state index contributed by atoms with van der Waals surface area (Å²) in [4.78, 5) is 0.638. The molecule has 122 valence electrons. The summed E-state index contributed by atoms with van der Waals surface area (Å²) in [6, 6.07) is 13.1. The van der Waals surface area contributed by atoms with Crippen molar-refractivity contribution in [2.45, 2.75) is 13.3 Å². The molecule has 5 heteroatoms. The number of hydrogen-bond donors (Lipinski definition) is 2. The Morgan fingerprint density at radius 2 is 1.91 bits per heavy atom. The van der Waals surface area contributed by atoms with Crippen molar-refractivity contribution in [1.29, 1.82) is 0 Å². The largest absolute Gasteiger partial charge is 0.504 e. The Hall–Kier alpha value is -2.27. The van der Waals surface area contributed by atoms with E-state index in [1.165, 1.54) is 5.56 Å². The lowest BCUT2D eigenvalue weighted by atomic mass is 10.1. The number of methoxy groups -OCH3 is 1. The van der Waals surface area contributed by atoms with Crippen LogP contribution < -0.4 is 14.8 Å². The monoisotopic (exact) mass is 331 g/mol. The predicted molar refractivity (Wildman–Crippen MR) is 95.7 cm³/mol. The Balaban J connectivity index is 1.90. The van der Waals surface area contributed by atoms with Gasteiger partial charge in [-0.2, -0.15) is 0 Å². The molecule has 0 amide bonds. The molecule has 0 aliphatic carbocycles. The summed E-state index contributed by atoms with van der Waals surface area (Å²) < 4.78 is 10.5. The number of aromatic hydroxyl groups is 1. The van der Waals surface area contributed by atoms with Crippen LogP contribution in [0.2, 0.25) is 0 Å². The molecule has 2 aromatic carbocycles. The molecule has 0 bridgehead atoms. The van der Waals surface area contributed by atoms with Crippen LogP contribution in [-0.4, -0.2) is 30.4 Å². The topological polar surface area (TPSA) is 50.7 Å². The maximum Gasteiger partial charge on any atom is 0.161 e. The lowest BCUT2D eigenvalue weighted by Gasteiger charge is -2.11. The van der Waals surface area contributed by atoms with E-state index >= 15 is 0 Å². The van der Waals surface area contributed by atoms with Gasteiger partial charge < -0.3 is 19.9 Å². The second-order valence-corrected chi connectivity index (χ2v) is 5.38. The first-order valence-corrected chi connectivity index (χ1v) is 7.91. The van der Waals surface area contributed by atoms with E-state index in [0.29, 0.717) is 17.3 Å². The summed E-state index contributed by atoms with van der Waals surface area (Å²) >= 11 is 5.39. The molecular formula is C18H21NO3S. The van der Waals surface area contributed by atoms with Gasteiger partial charge in [0.2, 0.25) is 0 Å². The van der Waals surface area contributed by atoms with Gasteiger partial charge in [-0.3, -0.25) is 0 Å². The smallest absolute Gasteiger partial charge is 0.161 e. The zero-order valence-electron chi connectivity index (χ0n) is 13.3. The van der Waals surface area contributed by atoms with Gasteiger partial charge in [0.15, 0.2) is 11.5 Å². The molecule has 0 atom stereocenters. The van der Waals surface area contributed by atoms with E-state index in [0.717, 1.165) is 24.3 Å². The van der Waals surface area contributed by atoms with Crippen LogP contribution in [0.1, 0.15) is 18.1 Å². The van der Waals surface area contributed by atoms with E-state index in [4.69, 9.17) is 21.7 Å². The van der Waals surface area contributed by atoms with Crippen molar-refractivity contribution >= 4 is 17.2 Å². The van der Waals surface area contributed by atoms with Crippen LogP contribution in [0.15, 0.2) is 42.5 Å². The van der Waals surface area contributed by atoms with Crippen LogP contribution >= 0.6 is 12.2 Å². The van der Waals surface area contributed by atoms with Crippen molar-refractivity contribution in [3.05, 3.63) is 53.6 Å². The summed E-state index contributed by atoms with van der Waals surface area (Å²) in [5.74, 6) is 1.42. The van der Waals surface area contributed by atoms with Gasteiger partial charge in [0.05, 0.1) is 13.7 Å². The summed E-state index contributed by atoms with van der Waals surface area (Å²) in [7, 11) is 1.66. The fourth-order valence-electron chi connectivity index (χ4n) is 2.14. The van der Waals surface area contributed by atoms with E-state index in [1.54, 1.807) is 25.3 Å². The third-order valence-electron chi connectivity index (χ3n) is 3.38. The molecule has 0 spiro atoms. The van der Waals surface area contributed by atoms with Gasteiger partial charge in [-0.25, -0.2) is 0 Å². The van der Waals surface area contributed by atoms with Gasteiger partial charge in [0.1, 0.15) is 10.7 Å². The van der Waals surface area contributed by atoms with E-state index in [9.17, 15) is 5.11 Å². The third-order valence-corrected chi connectivity index (χ3v) is 3.76. The number of phenols is 1. The van der Waals surface area contributed by atoms with Crippen molar-refractivity contribution in [3.63, 3.8) is 0 Å². The Bertz CT molecular complexity index is 656. The Morgan fingerprint density at radius 3 is 2.57 bits per heavy atom. The number of rotatable bonds is 7. The predicted octanol–water partition coefficient (Wildman–Crippen LogP) is 3.31. The fourth-order valence-corrected chi connectivity index (χ4v) is 2.37. The van der Waals surface area contributed by atoms with Crippen LogP contribution in [0.5, 0.6) is 17.2 Å².